The molecule has 2 aromatic rings. The van der Waals surface area contributed by atoms with Crippen molar-refractivity contribution in [3.8, 4) is 0 Å². The van der Waals surface area contributed by atoms with Crippen molar-refractivity contribution in [3.05, 3.63) is 35.8 Å². The molecule has 0 aromatic carbocycles. The summed E-state index contributed by atoms with van der Waals surface area (Å²) in [6, 6.07) is 5.64. The first-order valence-corrected chi connectivity index (χ1v) is 8.72. The first-order chi connectivity index (χ1) is 12.6. The Morgan fingerprint density at radius 2 is 2.23 bits per heavy atom. The zero-order valence-corrected chi connectivity index (χ0v) is 14.9. The van der Waals surface area contributed by atoms with Gasteiger partial charge in [0.2, 0.25) is 5.91 Å². The van der Waals surface area contributed by atoms with Crippen LogP contribution in [0.4, 0.5) is 0 Å². The van der Waals surface area contributed by atoms with Crippen LogP contribution in [0.2, 0.25) is 0 Å². The van der Waals surface area contributed by atoms with Gasteiger partial charge in [0.1, 0.15) is 17.9 Å². The van der Waals surface area contributed by atoms with E-state index >= 15 is 0 Å². The lowest BCUT2D eigenvalue weighted by molar-refractivity contribution is -0.153. The zero-order chi connectivity index (χ0) is 18.3. The van der Waals surface area contributed by atoms with Crippen molar-refractivity contribution in [2.75, 3.05) is 40.0 Å². The smallest absolute Gasteiger partial charge is 0.274 e. The topological polar surface area (TPSA) is 76.4 Å². The van der Waals surface area contributed by atoms with Crippen molar-refractivity contribution in [2.45, 2.75) is 19.1 Å². The third-order valence-electron chi connectivity index (χ3n) is 5.12. The number of amides is 2. The number of imidazole rings is 1. The SMILES string of the molecule is COCCN1C(=O)CO[C@H]2CN(C(=O)c3cn4c(C)cccc4n3)C[C@@H]21. The molecule has 0 aliphatic carbocycles. The average Bonchev–Trinajstić information content (AvgIpc) is 3.25. The Morgan fingerprint density at radius 1 is 1.38 bits per heavy atom. The van der Waals surface area contributed by atoms with E-state index in [4.69, 9.17) is 9.47 Å². The highest BCUT2D eigenvalue weighted by molar-refractivity contribution is 5.93. The van der Waals surface area contributed by atoms with Crippen LogP contribution in [0.15, 0.2) is 24.4 Å². The van der Waals surface area contributed by atoms with Crippen molar-refractivity contribution in [1.29, 1.82) is 0 Å². The van der Waals surface area contributed by atoms with E-state index in [1.165, 1.54) is 0 Å². The van der Waals surface area contributed by atoms with Gasteiger partial charge in [0.25, 0.3) is 5.91 Å². The molecule has 0 radical (unpaired) electrons. The maximum Gasteiger partial charge on any atom is 0.274 e. The van der Waals surface area contributed by atoms with Gasteiger partial charge in [0.05, 0.1) is 18.8 Å². The van der Waals surface area contributed by atoms with Crippen molar-refractivity contribution in [1.82, 2.24) is 19.2 Å². The van der Waals surface area contributed by atoms with E-state index in [2.05, 4.69) is 4.98 Å². The Hall–Kier alpha value is -2.45. The van der Waals surface area contributed by atoms with Gasteiger partial charge in [-0.3, -0.25) is 9.59 Å². The van der Waals surface area contributed by atoms with Gasteiger partial charge < -0.3 is 23.7 Å². The second-order valence-corrected chi connectivity index (χ2v) is 6.73. The highest BCUT2D eigenvalue weighted by Gasteiger charge is 2.44. The number of hydrogen-bond donors (Lipinski definition) is 0. The second kappa shape index (κ2) is 6.69. The number of aryl methyl sites for hydroxylation is 1. The van der Waals surface area contributed by atoms with Crippen LogP contribution in [0.1, 0.15) is 16.2 Å². The molecule has 2 atom stereocenters. The summed E-state index contributed by atoms with van der Waals surface area (Å²) >= 11 is 0. The number of carbonyl (C=O) groups is 2. The van der Waals surface area contributed by atoms with Gasteiger partial charge in [0, 0.05) is 38.6 Å². The summed E-state index contributed by atoms with van der Waals surface area (Å²) in [5, 5.41) is 0. The van der Waals surface area contributed by atoms with Crippen molar-refractivity contribution in [2.24, 2.45) is 0 Å². The average molecular weight is 358 g/mol. The second-order valence-electron chi connectivity index (χ2n) is 6.73. The van der Waals surface area contributed by atoms with E-state index in [1.54, 1.807) is 23.1 Å². The minimum absolute atomic E-state index is 0.0547. The number of likely N-dealkylation sites (tertiary alicyclic amines) is 1. The minimum atomic E-state index is -0.160. The summed E-state index contributed by atoms with van der Waals surface area (Å²) in [7, 11) is 1.61. The van der Waals surface area contributed by atoms with Crippen LogP contribution in [0.5, 0.6) is 0 Å². The first-order valence-electron chi connectivity index (χ1n) is 8.72. The number of rotatable bonds is 4. The standard InChI is InChI=1S/C18H22N4O4/c1-12-4-3-5-16-19-13(8-22(12)16)18(24)20-9-14-15(10-20)26-11-17(23)21(14)6-7-25-2/h3-5,8,14-15H,6-7,9-11H2,1-2H3/t14-,15-/m0/s1. The fourth-order valence-corrected chi connectivity index (χ4v) is 3.73. The third-order valence-corrected chi connectivity index (χ3v) is 5.12. The summed E-state index contributed by atoms with van der Waals surface area (Å²) in [5.74, 6) is -0.189. The Morgan fingerprint density at radius 3 is 3.00 bits per heavy atom. The van der Waals surface area contributed by atoms with Crippen LogP contribution >= 0.6 is 0 Å². The lowest BCUT2D eigenvalue weighted by Crippen LogP contribution is -2.54. The normalized spacial score (nSPS) is 22.9. The molecular weight excluding hydrogens is 336 g/mol. The van der Waals surface area contributed by atoms with E-state index in [-0.39, 0.29) is 30.6 Å². The molecular formula is C18H22N4O4. The summed E-state index contributed by atoms with van der Waals surface area (Å²) < 4.78 is 12.7. The monoisotopic (exact) mass is 358 g/mol. The number of carbonyl (C=O) groups excluding carboxylic acids is 2. The lowest BCUT2D eigenvalue weighted by atomic mass is 10.1. The molecule has 4 heterocycles. The first kappa shape index (κ1) is 17.0. The summed E-state index contributed by atoms with van der Waals surface area (Å²) in [6.45, 7) is 3.92. The largest absolute Gasteiger partial charge is 0.383 e. The van der Waals surface area contributed by atoms with Crippen LogP contribution in [-0.4, -0.2) is 83.1 Å². The molecule has 0 saturated carbocycles. The molecule has 4 rings (SSSR count). The van der Waals surface area contributed by atoms with E-state index < -0.39 is 0 Å². The van der Waals surface area contributed by atoms with Crippen LogP contribution in [0, 0.1) is 6.92 Å². The summed E-state index contributed by atoms with van der Waals surface area (Å²) in [4.78, 5) is 33.1. The van der Waals surface area contributed by atoms with Crippen molar-refractivity contribution >= 4 is 17.5 Å². The molecule has 2 saturated heterocycles. The number of pyridine rings is 1. The number of aromatic nitrogens is 2. The molecule has 2 aliphatic rings. The van der Waals surface area contributed by atoms with Crippen LogP contribution < -0.4 is 0 Å². The molecule has 26 heavy (non-hydrogen) atoms. The molecule has 138 valence electrons. The molecule has 0 unspecified atom stereocenters. The van der Waals surface area contributed by atoms with E-state index in [9.17, 15) is 9.59 Å². The molecule has 8 heteroatoms. The van der Waals surface area contributed by atoms with Gasteiger partial charge in [-0.15, -0.1) is 0 Å². The van der Waals surface area contributed by atoms with Gasteiger partial charge >= 0.3 is 0 Å². The molecule has 8 nitrogen and oxygen atoms in total. The van der Waals surface area contributed by atoms with E-state index in [0.29, 0.717) is 31.9 Å². The zero-order valence-electron chi connectivity index (χ0n) is 14.9. The highest BCUT2D eigenvalue weighted by Crippen LogP contribution is 2.25. The number of hydrogen-bond acceptors (Lipinski definition) is 5. The Kier molecular flexibility index (Phi) is 4.37. The lowest BCUT2D eigenvalue weighted by Gasteiger charge is -2.36. The summed E-state index contributed by atoms with van der Waals surface area (Å²) in [6.07, 6.45) is 1.61. The molecule has 2 amide bonds. The molecule has 0 spiro atoms. The number of nitrogens with zero attached hydrogens (tertiary/aromatic N) is 4. The van der Waals surface area contributed by atoms with E-state index in [1.807, 2.05) is 29.5 Å². The van der Waals surface area contributed by atoms with Gasteiger partial charge in [-0.1, -0.05) is 6.07 Å². The molecule has 2 fully saturated rings. The van der Waals surface area contributed by atoms with Crippen molar-refractivity contribution in [3.63, 3.8) is 0 Å². The predicted molar refractivity (Wildman–Crippen MR) is 92.9 cm³/mol. The minimum Gasteiger partial charge on any atom is -0.383 e. The van der Waals surface area contributed by atoms with E-state index in [0.717, 1.165) is 11.3 Å². The maximum atomic E-state index is 12.9. The molecule has 2 aromatic heterocycles. The fourth-order valence-electron chi connectivity index (χ4n) is 3.73. The number of fused-ring (bicyclic) bond motifs is 2. The van der Waals surface area contributed by atoms with Gasteiger partial charge in [-0.25, -0.2) is 4.98 Å². The Labute approximate surface area is 151 Å². The van der Waals surface area contributed by atoms with Gasteiger partial charge in [0.15, 0.2) is 0 Å². The molecule has 2 aliphatic heterocycles. The molecule has 0 bridgehead atoms. The third kappa shape index (κ3) is 2.85. The highest BCUT2D eigenvalue weighted by atomic mass is 16.5. The van der Waals surface area contributed by atoms with Crippen molar-refractivity contribution < 1.29 is 19.1 Å². The predicted octanol–water partition coefficient (Wildman–Crippen LogP) is 0.341. The Bertz CT molecular complexity index is 849. The fraction of sp³-hybridized carbons (Fsp3) is 0.500. The van der Waals surface area contributed by atoms with Crippen LogP contribution in [0.25, 0.3) is 5.65 Å². The van der Waals surface area contributed by atoms with Gasteiger partial charge in [-0.2, -0.15) is 0 Å². The van der Waals surface area contributed by atoms with Crippen LogP contribution in [-0.2, 0) is 14.3 Å². The Balaban J connectivity index is 1.54. The summed E-state index contributed by atoms with van der Waals surface area (Å²) in [5.41, 5.74) is 2.18. The number of ether oxygens (including phenoxy) is 2. The maximum absolute atomic E-state index is 12.9. The van der Waals surface area contributed by atoms with Crippen LogP contribution in [0.3, 0.4) is 0 Å². The number of morpholine rings is 1. The van der Waals surface area contributed by atoms with Gasteiger partial charge in [-0.05, 0) is 19.1 Å². The molecule has 0 N–H and O–H groups in total. The quantitative estimate of drug-likeness (QED) is 0.788. The number of methoxy groups -OCH3 is 1.